The third kappa shape index (κ3) is 4.02. The summed E-state index contributed by atoms with van der Waals surface area (Å²) in [5, 5.41) is 3.65. The van der Waals surface area contributed by atoms with Crippen molar-refractivity contribution in [2.45, 2.75) is 6.18 Å². The van der Waals surface area contributed by atoms with Gasteiger partial charge in [-0.25, -0.2) is 0 Å². The van der Waals surface area contributed by atoms with E-state index in [0.29, 0.717) is 37.5 Å². The number of anilines is 2. The summed E-state index contributed by atoms with van der Waals surface area (Å²) in [6.45, 7) is 1.62. The van der Waals surface area contributed by atoms with E-state index in [-0.39, 0.29) is 11.3 Å². The summed E-state index contributed by atoms with van der Waals surface area (Å²) in [5.41, 5.74) is 0.744. The number of rotatable bonds is 3. The van der Waals surface area contributed by atoms with Gasteiger partial charge in [0.1, 0.15) is 0 Å². The number of morpholine rings is 1. The van der Waals surface area contributed by atoms with Gasteiger partial charge in [0.15, 0.2) is 0 Å². The molecule has 0 unspecified atom stereocenters. The number of halogens is 3. The van der Waals surface area contributed by atoms with Crippen LogP contribution in [0.25, 0.3) is 10.9 Å². The topological polar surface area (TPSA) is 54.5 Å². The summed E-state index contributed by atoms with van der Waals surface area (Å²) >= 11 is 0. The maximum Gasteiger partial charge on any atom is 0.416 e. The van der Waals surface area contributed by atoms with Crippen molar-refractivity contribution in [2.24, 2.45) is 0 Å². The molecule has 1 N–H and O–H groups in total. The fourth-order valence-corrected chi connectivity index (χ4v) is 3.36. The highest BCUT2D eigenvalue weighted by Gasteiger charge is 2.32. The van der Waals surface area contributed by atoms with Crippen molar-refractivity contribution in [3.05, 3.63) is 65.9 Å². The normalized spacial score (nSPS) is 14.8. The molecule has 0 radical (unpaired) electrons. The number of ether oxygens (including phenoxy) is 1. The maximum atomic E-state index is 13.2. The lowest BCUT2D eigenvalue weighted by molar-refractivity contribution is -0.137. The molecule has 3 aromatic rings. The molecular formula is C21H18F3N3O2. The third-order valence-electron chi connectivity index (χ3n) is 4.80. The van der Waals surface area contributed by atoms with Gasteiger partial charge in [-0.15, -0.1) is 0 Å². The number of hydrogen-bond donors (Lipinski definition) is 1. The second-order valence-corrected chi connectivity index (χ2v) is 6.66. The summed E-state index contributed by atoms with van der Waals surface area (Å²) in [4.78, 5) is 19.0. The molecule has 8 heteroatoms. The van der Waals surface area contributed by atoms with E-state index in [1.807, 2.05) is 12.1 Å². The van der Waals surface area contributed by atoms with Crippen molar-refractivity contribution in [3.63, 3.8) is 0 Å². The van der Waals surface area contributed by atoms with Gasteiger partial charge in [0.25, 0.3) is 5.91 Å². The highest BCUT2D eigenvalue weighted by Crippen LogP contribution is 2.34. The van der Waals surface area contributed by atoms with Crippen LogP contribution in [-0.2, 0) is 10.9 Å². The summed E-state index contributed by atoms with van der Waals surface area (Å²) < 4.78 is 45.0. The number of hydrogen-bond acceptors (Lipinski definition) is 4. The van der Waals surface area contributed by atoms with Gasteiger partial charge in [0, 0.05) is 24.7 Å². The van der Waals surface area contributed by atoms with E-state index in [4.69, 9.17) is 4.74 Å². The highest BCUT2D eigenvalue weighted by molar-refractivity contribution is 6.11. The number of para-hydroxylation sites is 1. The lowest BCUT2D eigenvalue weighted by Gasteiger charge is -2.31. The van der Waals surface area contributed by atoms with Crippen LogP contribution in [0.5, 0.6) is 0 Å². The molecule has 0 aliphatic carbocycles. The Bertz CT molecular complexity index is 1040. The van der Waals surface area contributed by atoms with Crippen LogP contribution in [0.1, 0.15) is 15.9 Å². The van der Waals surface area contributed by atoms with Crippen molar-refractivity contribution in [1.29, 1.82) is 0 Å². The molecule has 1 saturated heterocycles. The lowest BCUT2D eigenvalue weighted by Crippen LogP contribution is -2.37. The fraction of sp³-hybridized carbons (Fsp3) is 0.238. The van der Waals surface area contributed by atoms with Crippen LogP contribution in [-0.4, -0.2) is 37.2 Å². The summed E-state index contributed by atoms with van der Waals surface area (Å²) in [6.07, 6.45) is -2.87. The van der Waals surface area contributed by atoms with E-state index in [9.17, 15) is 18.0 Å². The molecule has 0 bridgehead atoms. The third-order valence-corrected chi connectivity index (χ3v) is 4.80. The van der Waals surface area contributed by atoms with Gasteiger partial charge < -0.3 is 15.0 Å². The minimum Gasteiger partial charge on any atom is -0.378 e. The molecule has 5 nitrogen and oxygen atoms in total. The Balaban J connectivity index is 1.71. The zero-order valence-electron chi connectivity index (χ0n) is 15.4. The molecule has 1 amide bonds. The monoisotopic (exact) mass is 401 g/mol. The van der Waals surface area contributed by atoms with Gasteiger partial charge in [-0.2, -0.15) is 13.2 Å². The smallest absolute Gasteiger partial charge is 0.378 e. The molecular weight excluding hydrogens is 383 g/mol. The Morgan fingerprint density at radius 2 is 1.83 bits per heavy atom. The number of nitrogens with zero attached hydrogens (tertiary/aromatic N) is 2. The second-order valence-electron chi connectivity index (χ2n) is 6.66. The molecule has 29 heavy (non-hydrogen) atoms. The minimum atomic E-state index is -4.49. The number of pyridine rings is 1. The molecule has 0 spiro atoms. The van der Waals surface area contributed by atoms with Crippen LogP contribution in [0.15, 0.2) is 54.7 Å². The van der Waals surface area contributed by atoms with Gasteiger partial charge in [0.2, 0.25) is 0 Å². The molecule has 0 saturated carbocycles. The predicted molar refractivity (Wildman–Crippen MR) is 104 cm³/mol. The zero-order valence-corrected chi connectivity index (χ0v) is 15.4. The van der Waals surface area contributed by atoms with Crippen LogP contribution in [0, 0.1) is 0 Å². The van der Waals surface area contributed by atoms with Crippen LogP contribution < -0.4 is 10.2 Å². The number of amides is 1. The molecule has 2 heterocycles. The standard InChI is InChI=1S/C21H18F3N3O2/c22-21(23,24)15-6-7-16(18(13-15)27-9-11-29-12-10-27)20(28)26-17-5-1-3-14-4-2-8-25-19(14)17/h1-8,13H,9-12H2,(H,26,28). The molecule has 1 fully saturated rings. The molecule has 1 aliphatic rings. The number of aromatic nitrogens is 1. The molecule has 150 valence electrons. The van der Waals surface area contributed by atoms with E-state index < -0.39 is 17.6 Å². The SMILES string of the molecule is O=C(Nc1cccc2cccnc12)c1ccc(C(F)(F)F)cc1N1CCOCC1. The molecule has 4 rings (SSSR count). The molecule has 0 atom stereocenters. The molecule has 2 aromatic carbocycles. The first-order valence-electron chi connectivity index (χ1n) is 9.12. The largest absolute Gasteiger partial charge is 0.416 e. The Morgan fingerprint density at radius 1 is 1.07 bits per heavy atom. The Labute approximate surface area is 165 Å². The zero-order chi connectivity index (χ0) is 20.4. The Kier molecular flexibility index (Phi) is 5.10. The van der Waals surface area contributed by atoms with Gasteiger partial charge in [-0.1, -0.05) is 18.2 Å². The Morgan fingerprint density at radius 3 is 2.59 bits per heavy atom. The van der Waals surface area contributed by atoms with Crippen LogP contribution in [0.4, 0.5) is 24.5 Å². The van der Waals surface area contributed by atoms with Crippen LogP contribution in [0.3, 0.4) is 0 Å². The maximum absolute atomic E-state index is 13.2. The van der Waals surface area contributed by atoms with E-state index in [0.717, 1.165) is 17.5 Å². The Hall–Kier alpha value is -3.13. The first-order chi connectivity index (χ1) is 13.9. The summed E-state index contributed by atoms with van der Waals surface area (Å²) in [6, 6.07) is 12.2. The summed E-state index contributed by atoms with van der Waals surface area (Å²) in [5.74, 6) is -0.488. The number of benzene rings is 2. The number of alkyl halides is 3. The van der Waals surface area contributed by atoms with E-state index in [1.54, 1.807) is 29.3 Å². The van der Waals surface area contributed by atoms with Gasteiger partial charge >= 0.3 is 6.18 Å². The van der Waals surface area contributed by atoms with E-state index in [2.05, 4.69) is 10.3 Å². The first kappa shape index (κ1) is 19.2. The average Bonchev–Trinajstić information content (AvgIpc) is 2.73. The van der Waals surface area contributed by atoms with Gasteiger partial charge in [-0.05, 0) is 30.3 Å². The van der Waals surface area contributed by atoms with Crippen molar-refractivity contribution in [2.75, 3.05) is 36.5 Å². The van der Waals surface area contributed by atoms with E-state index in [1.165, 1.54) is 6.07 Å². The van der Waals surface area contributed by atoms with Crippen LogP contribution >= 0.6 is 0 Å². The average molecular weight is 401 g/mol. The van der Waals surface area contributed by atoms with Gasteiger partial charge in [-0.3, -0.25) is 9.78 Å². The molecule has 1 aliphatic heterocycles. The van der Waals surface area contributed by atoms with Gasteiger partial charge in [0.05, 0.1) is 41.2 Å². The van der Waals surface area contributed by atoms with Crippen molar-refractivity contribution in [3.8, 4) is 0 Å². The number of carbonyl (C=O) groups excluding carboxylic acids is 1. The summed E-state index contributed by atoms with van der Waals surface area (Å²) in [7, 11) is 0. The quantitative estimate of drug-likeness (QED) is 0.709. The number of nitrogens with one attached hydrogen (secondary N) is 1. The molecule has 1 aromatic heterocycles. The second kappa shape index (κ2) is 7.71. The fourth-order valence-electron chi connectivity index (χ4n) is 3.36. The van der Waals surface area contributed by atoms with Crippen molar-refractivity contribution >= 4 is 28.2 Å². The predicted octanol–water partition coefficient (Wildman–Crippen LogP) is 4.34. The van der Waals surface area contributed by atoms with Crippen molar-refractivity contribution < 1.29 is 22.7 Å². The van der Waals surface area contributed by atoms with E-state index >= 15 is 0 Å². The van der Waals surface area contributed by atoms with Crippen LogP contribution in [0.2, 0.25) is 0 Å². The lowest BCUT2D eigenvalue weighted by atomic mass is 10.1. The minimum absolute atomic E-state index is 0.174. The number of fused-ring (bicyclic) bond motifs is 1. The first-order valence-corrected chi connectivity index (χ1v) is 9.12. The number of carbonyl (C=O) groups is 1. The van der Waals surface area contributed by atoms with Crippen molar-refractivity contribution in [1.82, 2.24) is 4.98 Å². The highest BCUT2D eigenvalue weighted by atomic mass is 19.4.